The van der Waals surface area contributed by atoms with Crippen molar-refractivity contribution in [1.82, 2.24) is 5.32 Å². The van der Waals surface area contributed by atoms with E-state index in [0.717, 1.165) is 0 Å². The average molecular weight is 289 g/mol. The lowest BCUT2D eigenvalue weighted by Crippen LogP contribution is -2.33. The van der Waals surface area contributed by atoms with Crippen molar-refractivity contribution in [2.75, 3.05) is 12.3 Å². The fraction of sp³-hybridized carbons (Fsp3) is 0.500. The monoisotopic (exact) mass is 289 g/mol. The van der Waals surface area contributed by atoms with Crippen molar-refractivity contribution in [2.24, 2.45) is 0 Å². The molecule has 0 aliphatic carbocycles. The molecule has 1 aromatic carbocycles. The Kier molecular flexibility index (Phi) is 5.74. The third-order valence-corrected chi connectivity index (χ3v) is 3.56. The molecule has 7 heteroatoms. The number of rotatable bonds is 7. The van der Waals surface area contributed by atoms with Gasteiger partial charge >= 0.3 is 0 Å². The van der Waals surface area contributed by atoms with E-state index in [1.807, 2.05) is 0 Å². The molecule has 0 saturated carbocycles. The van der Waals surface area contributed by atoms with Crippen LogP contribution in [0.2, 0.25) is 0 Å². The van der Waals surface area contributed by atoms with Crippen molar-refractivity contribution in [2.45, 2.75) is 25.5 Å². The molecular weight excluding hydrogens is 270 g/mol. The van der Waals surface area contributed by atoms with Gasteiger partial charge in [0, 0.05) is 6.04 Å². The number of aliphatic hydroxyl groups excluding tert-OH is 1. The van der Waals surface area contributed by atoms with Crippen LogP contribution in [0.25, 0.3) is 0 Å². The smallest absolute Gasteiger partial charge is 0.264 e. The standard InChI is InChI=1S/C12H19NO5S/c1-9(13-7-2-8-19(16,17)18)12(15)10-3-5-11(14)6-4-10/h3-6,9,12-15H,2,7-8H2,1H3,(H,16,17,18). The molecule has 0 amide bonds. The highest BCUT2D eigenvalue weighted by Gasteiger charge is 2.15. The molecule has 0 bridgehead atoms. The number of benzene rings is 1. The molecule has 0 aliphatic heterocycles. The summed E-state index contributed by atoms with van der Waals surface area (Å²) in [4.78, 5) is 0. The van der Waals surface area contributed by atoms with E-state index < -0.39 is 16.2 Å². The van der Waals surface area contributed by atoms with Gasteiger partial charge in [0.15, 0.2) is 0 Å². The van der Waals surface area contributed by atoms with E-state index in [2.05, 4.69) is 5.32 Å². The fourth-order valence-electron chi connectivity index (χ4n) is 1.66. The van der Waals surface area contributed by atoms with E-state index in [-0.39, 0.29) is 24.0 Å². The predicted octanol–water partition coefficient (Wildman–Crippen LogP) is 0.682. The highest BCUT2D eigenvalue weighted by Crippen LogP contribution is 2.19. The van der Waals surface area contributed by atoms with Crippen LogP contribution < -0.4 is 5.32 Å². The topological polar surface area (TPSA) is 107 Å². The molecule has 2 atom stereocenters. The maximum absolute atomic E-state index is 10.5. The number of aliphatic hydroxyl groups is 1. The molecule has 6 nitrogen and oxygen atoms in total. The Morgan fingerprint density at radius 3 is 2.37 bits per heavy atom. The van der Waals surface area contributed by atoms with Gasteiger partial charge in [0.05, 0.1) is 11.9 Å². The minimum Gasteiger partial charge on any atom is -0.508 e. The Morgan fingerprint density at radius 1 is 1.26 bits per heavy atom. The molecule has 0 spiro atoms. The van der Waals surface area contributed by atoms with Gasteiger partial charge < -0.3 is 15.5 Å². The van der Waals surface area contributed by atoms with Crippen molar-refractivity contribution < 1.29 is 23.2 Å². The summed E-state index contributed by atoms with van der Waals surface area (Å²) >= 11 is 0. The number of hydrogen-bond donors (Lipinski definition) is 4. The van der Waals surface area contributed by atoms with Crippen molar-refractivity contribution >= 4 is 10.1 Å². The van der Waals surface area contributed by atoms with Crippen LogP contribution in [0.5, 0.6) is 5.75 Å². The van der Waals surface area contributed by atoms with Gasteiger partial charge in [0.25, 0.3) is 10.1 Å². The van der Waals surface area contributed by atoms with Gasteiger partial charge in [-0.2, -0.15) is 8.42 Å². The molecule has 2 unspecified atom stereocenters. The zero-order chi connectivity index (χ0) is 14.5. The van der Waals surface area contributed by atoms with Crippen LogP contribution in [0.15, 0.2) is 24.3 Å². The van der Waals surface area contributed by atoms with E-state index in [1.165, 1.54) is 12.1 Å². The predicted molar refractivity (Wildman–Crippen MR) is 71.6 cm³/mol. The maximum Gasteiger partial charge on any atom is 0.264 e. The molecule has 0 saturated heterocycles. The van der Waals surface area contributed by atoms with E-state index >= 15 is 0 Å². The Bertz CT molecular complexity index is 485. The summed E-state index contributed by atoms with van der Waals surface area (Å²) < 4.78 is 29.6. The SMILES string of the molecule is CC(NCCCS(=O)(=O)O)C(O)c1ccc(O)cc1. The fourth-order valence-corrected chi connectivity index (χ4v) is 2.17. The first-order valence-corrected chi connectivity index (χ1v) is 7.56. The molecule has 108 valence electrons. The number of nitrogens with one attached hydrogen (secondary N) is 1. The van der Waals surface area contributed by atoms with Crippen LogP contribution in [-0.4, -0.2) is 41.5 Å². The van der Waals surface area contributed by atoms with Gasteiger partial charge in [0.2, 0.25) is 0 Å². The van der Waals surface area contributed by atoms with Crippen molar-refractivity contribution in [3.8, 4) is 5.75 Å². The second-order valence-corrected chi connectivity index (χ2v) is 5.99. The Hall–Kier alpha value is -1.15. The summed E-state index contributed by atoms with van der Waals surface area (Å²) in [5.74, 6) is -0.174. The molecule has 0 radical (unpaired) electrons. The number of aromatic hydroxyl groups is 1. The summed E-state index contributed by atoms with van der Waals surface area (Å²) in [5.41, 5.74) is 0.660. The molecule has 1 rings (SSSR count). The number of phenols is 1. The van der Waals surface area contributed by atoms with Crippen LogP contribution in [0.4, 0.5) is 0 Å². The highest BCUT2D eigenvalue weighted by molar-refractivity contribution is 7.85. The van der Waals surface area contributed by atoms with Crippen molar-refractivity contribution in [1.29, 1.82) is 0 Å². The van der Waals surface area contributed by atoms with Crippen molar-refractivity contribution in [3.05, 3.63) is 29.8 Å². The highest BCUT2D eigenvalue weighted by atomic mass is 32.2. The summed E-state index contributed by atoms with van der Waals surface area (Å²) in [6.45, 7) is 2.14. The molecule has 0 aromatic heterocycles. The molecule has 0 fully saturated rings. The van der Waals surface area contributed by atoms with Crippen molar-refractivity contribution in [3.63, 3.8) is 0 Å². The second kappa shape index (κ2) is 6.85. The largest absolute Gasteiger partial charge is 0.508 e. The van der Waals surface area contributed by atoms with E-state index in [9.17, 15) is 13.5 Å². The minimum atomic E-state index is -3.93. The number of hydrogen-bond acceptors (Lipinski definition) is 5. The third kappa shape index (κ3) is 6.02. The van der Waals surface area contributed by atoms with Gasteiger partial charge in [-0.1, -0.05) is 12.1 Å². The normalized spacial score (nSPS) is 15.1. The van der Waals surface area contributed by atoms with Gasteiger partial charge in [0.1, 0.15) is 5.75 Å². The Balaban J connectivity index is 2.40. The molecule has 0 aliphatic rings. The van der Waals surface area contributed by atoms with Crippen LogP contribution in [0.3, 0.4) is 0 Å². The molecule has 4 N–H and O–H groups in total. The summed E-state index contributed by atoms with van der Waals surface area (Å²) in [6.07, 6.45) is -0.489. The Labute approximate surface area is 112 Å². The maximum atomic E-state index is 10.5. The van der Waals surface area contributed by atoms with Crippen LogP contribution in [0, 0.1) is 0 Å². The van der Waals surface area contributed by atoms with E-state index in [4.69, 9.17) is 9.66 Å². The van der Waals surface area contributed by atoms with Crippen LogP contribution >= 0.6 is 0 Å². The average Bonchev–Trinajstić information content (AvgIpc) is 2.33. The lowest BCUT2D eigenvalue weighted by molar-refractivity contribution is 0.136. The van der Waals surface area contributed by atoms with Gasteiger partial charge in [-0.3, -0.25) is 4.55 Å². The summed E-state index contributed by atoms with van der Waals surface area (Å²) in [7, 11) is -3.93. The molecule has 1 aromatic rings. The van der Waals surface area contributed by atoms with E-state index in [1.54, 1.807) is 19.1 Å². The minimum absolute atomic E-state index is 0.129. The summed E-state index contributed by atoms with van der Waals surface area (Å²) in [5, 5.41) is 22.2. The summed E-state index contributed by atoms with van der Waals surface area (Å²) in [6, 6.07) is 5.95. The molecule has 0 heterocycles. The third-order valence-electron chi connectivity index (χ3n) is 2.75. The van der Waals surface area contributed by atoms with Crippen LogP contribution in [-0.2, 0) is 10.1 Å². The quantitative estimate of drug-likeness (QED) is 0.434. The Morgan fingerprint density at radius 2 is 1.84 bits per heavy atom. The lowest BCUT2D eigenvalue weighted by atomic mass is 10.0. The number of phenolic OH excluding ortho intramolecular Hbond substituents is 1. The zero-order valence-electron chi connectivity index (χ0n) is 10.7. The lowest BCUT2D eigenvalue weighted by Gasteiger charge is -2.20. The molecule has 19 heavy (non-hydrogen) atoms. The van der Waals surface area contributed by atoms with Crippen LogP contribution in [0.1, 0.15) is 25.0 Å². The first-order chi connectivity index (χ1) is 8.79. The second-order valence-electron chi connectivity index (χ2n) is 4.42. The first kappa shape index (κ1) is 15.9. The van der Waals surface area contributed by atoms with Gasteiger partial charge in [-0.15, -0.1) is 0 Å². The van der Waals surface area contributed by atoms with Gasteiger partial charge in [-0.05, 0) is 37.6 Å². The zero-order valence-corrected chi connectivity index (χ0v) is 11.5. The van der Waals surface area contributed by atoms with E-state index in [0.29, 0.717) is 12.1 Å². The first-order valence-electron chi connectivity index (χ1n) is 5.95. The van der Waals surface area contributed by atoms with Gasteiger partial charge in [-0.25, -0.2) is 0 Å². The molecular formula is C12H19NO5S.